The van der Waals surface area contributed by atoms with Gasteiger partial charge in [0.1, 0.15) is 31.1 Å². The van der Waals surface area contributed by atoms with E-state index in [0.717, 1.165) is 70.7 Å². The quantitative estimate of drug-likeness (QED) is 0.194. The molecule has 0 radical (unpaired) electrons. The van der Waals surface area contributed by atoms with Gasteiger partial charge in [-0.15, -0.1) is 5.10 Å². The van der Waals surface area contributed by atoms with E-state index in [1.807, 2.05) is 32.9 Å². The molecule has 2 aromatic rings. The zero-order valence-electron chi connectivity index (χ0n) is 33.3. The smallest absolute Gasteiger partial charge is 0.303 e. The van der Waals surface area contributed by atoms with Crippen LogP contribution in [0.15, 0.2) is 18.3 Å². The van der Waals surface area contributed by atoms with Crippen LogP contribution >= 0.6 is 0 Å². The lowest BCUT2D eigenvalue weighted by Crippen LogP contribution is -2.65. The third kappa shape index (κ3) is 11.3. The highest BCUT2D eigenvalue weighted by atomic mass is 16.8. The minimum absolute atomic E-state index is 0.212. The lowest BCUT2D eigenvalue weighted by molar-refractivity contribution is -0.384. The Morgan fingerprint density at radius 1 is 0.649 bits per heavy atom. The van der Waals surface area contributed by atoms with Crippen LogP contribution in [-0.2, 0) is 87.5 Å². The molecule has 9 atom stereocenters. The largest absolute Gasteiger partial charge is 0.463 e. The lowest BCUT2D eigenvalue weighted by Gasteiger charge is -2.46. The number of esters is 7. The first-order valence-electron chi connectivity index (χ1n) is 17.8. The van der Waals surface area contributed by atoms with Crippen LogP contribution in [0.5, 0.6) is 0 Å². The molecule has 1 aromatic heterocycles. The Bertz CT molecular complexity index is 1860. The highest BCUT2D eigenvalue weighted by Gasteiger charge is 2.64. The fourth-order valence-electron chi connectivity index (χ4n) is 6.50. The van der Waals surface area contributed by atoms with Gasteiger partial charge in [-0.1, -0.05) is 11.3 Å². The molecule has 0 amide bonds. The van der Waals surface area contributed by atoms with Gasteiger partial charge in [-0.05, 0) is 43.5 Å². The van der Waals surface area contributed by atoms with Crippen molar-refractivity contribution in [2.75, 3.05) is 13.2 Å². The first-order chi connectivity index (χ1) is 26.7. The second kappa shape index (κ2) is 18.6. The van der Waals surface area contributed by atoms with Gasteiger partial charge in [0.25, 0.3) is 0 Å². The van der Waals surface area contributed by atoms with Crippen molar-refractivity contribution in [2.45, 2.75) is 131 Å². The van der Waals surface area contributed by atoms with Crippen molar-refractivity contribution in [2.24, 2.45) is 0 Å². The molecule has 20 nitrogen and oxygen atoms in total. The standard InChI is InChI=1S/C37H47N3O17/c1-17-11-19(3)27(12-18(17)2)28-13-40(39-38-28)14-29-32(51-23(7)44)35(54-26(10)47)37(56-29,16-49-21(5)42)57-36-34(53-25(9)46)33(52-24(8)45)31(50-22(6)43)30(55-36)15-48-20(4)41/h11-13,29-36H,14-16H2,1-10H3/t29-,30-,31-,32-,33+,34-,35+,36-,37+/m1/s1. The summed E-state index contributed by atoms with van der Waals surface area (Å²) in [6.07, 6.45) is -11.2. The third-order valence-electron chi connectivity index (χ3n) is 8.81. The molecule has 2 saturated heterocycles. The number of aryl methyl sites for hydroxylation is 3. The molecule has 0 saturated carbocycles. The summed E-state index contributed by atoms with van der Waals surface area (Å²) in [5.74, 6) is -8.51. The Labute approximate surface area is 327 Å². The zero-order chi connectivity index (χ0) is 42.4. The highest BCUT2D eigenvalue weighted by molar-refractivity contribution is 5.70. The number of carbonyl (C=O) groups is 7. The minimum Gasteiger partial charge on any atom is -0.463 e. The van der Waals surface area contributed by atoms with Crippen molar-refractivity contribution >= 4 is 41.8 Å². The molecule has 0 spiro atoms. The maximum atomic E-state index is 12.7. The van der Waals surface area contributed by atoms with Crippen LogP contribution in [0.1, 0.15) is 65.2 Å². The Balaban J connectivity index is 1.85. The Morgan fingerprint density at radius 2 is 1.19 bits per heavy atom. The van der Waals surface area contributed by atoms with Crippen LogP contribution in [0.2, 0.25) is 0 Å². The molecular formula is C37H47N3O17. The summed E-state index contributed by atoms with van der Waals surface area (Å²) < 4.78 is 58.8. The molecule has 2 aliphatic heterocycles. The van der Waals surface area contributed by atoms with Crippen molar-refractivity contribution in [3.8, 4) is 11.3 Å². The van der Waals surface area contributed by atoms with Gasteiger partial charge in [0.2, 0.25) is 12.1 Å². The first kappa shape index (κ1) is 44.2. The number of carbonyl (C=O) groups excluding carboxylic acids is 7. The summed E-state index contributed by atoms with van der Waals surface area (Å²) in [7, 11) is 0. The average Bonchev–Trinajstić information content (AvgIpc) is 3.65. The van der Waals surface area contributed by atoms with Gasteiger partial charge in [-0.25, -0.2) is 4.68 Å². The number of benzene rings is 1. The summed E-state index contributed by atoms with van der Waals surface area (Å²) in [6, 6.07) is 3.98. The van der Waals surface area contributed by atoms with E-state index in [-0.39, 0.29) is 6.54 Å². The van der Waals surface area contributed by atoms with Gasteiger partial charge in [0.05, 0.1) is 12.7 Å². The van der Waals surface area contributed by atoms with Crippen molar-refractivity contribution in [3.63, 3.8) is 0 Å². The van der Waals surface area contributed by atoms with Crippen LogP contribution in [0.4, 0.5) is 0 Å². The summed E-state index contributed by atoms with van der Waals surface area (Å²) in [5, 5.41) is 8.56. The van der Waals surface area contributed by atoms with E-state index >= 15 is 0 Å². The van der Waals surface area contributed by atoms with E-state index in [2.05, 4.69) is 10.3 Å². The summed E-state index contributed by atoms with van der Waals surface area (Å²) in [5.41, 5.74) is 4.37. The monoisotopic (exact) mass is 805 g/mol. The normalized spacial score (nSPS) is 26.8. The van der Waals surface area contributed by atoms with Crippen LogP contribution in [0, 0.1) is 20.8 Å². The van der Waals surface area contributed by atoms with Crippen molar-refractivity contribution in [3.05, 3.63) is 35.0 Å². The van der Waals surface area contributed by atoms with Crippen LogP contribution in [0.25, 0.3) is 11.3 Å². The predicted molar refractivity (Wildman–Crippen MR) is 188 cm³/mol. The summed E-state index contributed by atoms with van der Waals surface area (Å²) >= 11 is 0. The second-order valence-electron chi connectivity index (χ2n) is 13.6. The second-order valence-corrected chi connectivity index (χ2v) is 13.6. The van der Waals surface area contributed by atoms with Crippen molar-refractivity contribution < 1.29 is 80.9 Å². The molecule has 0 bridgehead atoms. The number of aromatic nitrogens is 3. The molecule has 2 fully saturated rings. The topological polar surface area (TPSA) is 242 Å². The van der Waals surface area contributed by atoms with E-state index in [4.69, 9.17) is 47.4 Å². The number of rotatable bonds is 14. The highest BCUT2D eigenvalue weighted by Crippen LogP contribution is 2.42. The number of hydrogen-bond donors (Lipinski definition) is 0. The Kier molecular flexibility index (Phi) is 14.5. The van der Waals surface area contributed by atoms with Gasteiger partial charge < -0.3 is 47.4 Å². The van der Waals surface area contributed by atoms with E-state index < -0.39 is 110 Å². The van der Waals surface area contributed by atoms with Crippen LogP contribution < -0.4 is 0 Å². The van der Waals surface area contributed by atoms with Gasteiger partial charge in [-0.3, -0.25) is 33.6 Å². The molecule has 57 heavy (non-hydrogen) atoms. The van der Waals surface area contributed by atoms with Gasteiger partial charge in [0, 0.05) is 54.0 Å². The maximum absolute atomic E-state index is 12.7. The lowest BCUT2D eigenvalue weighted by atomic mass is 9.97. The zero-order valence-corrected chi connectivity index (χ0v) is 33.3. The van der Waals surface area contributed by atoms with Gasteiger partial charge in [0.15, 0.2) is 30.5 Å². The number of nitrogens with zero attached hydrogens (tertiary/aromatic N) is 3. The first-order valence-corrected chi connectivity index (χ1v) is 17.8. The van der Waals surface area contributed by atoms with E-state index in [1.54, 1.807) is 6.20 Å². The molecule has 0 aliphatic carbocycles. The minimum atomic E-state index is -2.44. The van der Waals surface area contributed by atoms with Crippen molar-refractivity contribution in [1.82, 2.24) is 15.0 Å². The van der Waals surface area contributed by atoms with Crippen molar-refractivity contribution in [1.29, 1.82) is 0 Å². The fourth-order valence-corrected chi connectivity index (χ4v) is 6.50. The van der Waals surface area contributed by atoms with Gasteiger partial charge in [-0.2, -0.15) is 0 Å². The molecule has 312 valence electrons. The predicted octanol–water partition coefficient (Wildman–Crippen LogP) is 1.49. The Morgan fingerprint density at radius 3 is 1.77 bits per heavy atom. The number of hydrogen-bond acceptors (Lipinski definition) is 19. The summed E-state index contributed by atoms with van der Waals surface area (Å²) in [4.78, 5) is 86.8. The molecule has 3 heterocycles. The molecule has 4 rings (SSSR count). The van der Waals surface area contributed by atoms with E-state index in [1.165, 1.54) is 4.68 Å². The third-order valence-corrected chi connectivity index (χ3v) is 8.81. The molecule has 1 aromatic carbocycles. The Hall–Kier alpha value is -5.47. The number of ether oxygens (including phenoxy) is 10. The maximum Gasteiger partial charge on any atom is 0.303 e. The van der Waals surface area contributed by atoms with Crippen LogP contribution in [-0.4, -0.2) is 125 Å². The average molecular weight is 806 g/mol. The van der Waals surface area contributed by atoms with Crippen LogP contribution in [0.3, 0.4) is 0 Å². The van der Waals surface area contributed by atoms with E-state index in [9.17, 15) is 33.6 Å². The van der Waals surface area contributed by atoms with E-state index in [0.29, 0.717) is 5.69 Å². The molecule has 2 aliphatic rings. The molecular weight excluding hydrogens is 758 g/mol. The summed E-state index contributed by atoms with van der Waals surface area (Å²) in [6.45, 7) is 11.6. The molecule has 0 unspecified atom stereocenters. The fraction of sp³-hybridized carbons (Fsp3) is 0.595. The molecule has 20 heteroatoms. The SMILES string of the molecule is CC(=O)OC[C@H]1O[C@H](O[C@]2(COC(C)=O)O[C@H](Cn3cc(-c4cc(C)c(C)cc4C)nn3)[C@@H](OC(C)=O)[C@@H]2OC(C)=O)[C@H](OC(C)=O)[C@@H](OC(C)=O)[C@@H]1OC(C)=O. The molecule has 0 N–H and O–H groups in total. The van der Waals surface area contributed by atoms with Gasteiger partial charge >= 0.3 is 41.8 Å².